The molecule has 0 aliphatic rings. The van der Waals surface area contributed by atoms with E-state index in [1.54, 1.807) is 6.92 Å². The Kier molecular flexibility index (Phi) is 5.37. The molecule has 0 aromatic heterocycles. The lowest BCUT2D eigenvalue weighted by Crippen LogP contribution is -2.40. The first kappa shape index (κ1) is 18.6. The molecule has 0 bridgehead atoms. The number of carboxylic acid groups (broad SMARTS) is 1. The molecule has 0 saturated heterocycles. The molecule has 0 saturated carbocycles. The fourth-order valence-electron chi connectivity index (χ4n) is 1.56. The van der Waals surface area contributed by atoms with Crippen molar-refractivity contribution in [3.8, 4) is 0 Å². The Morgan fingerprint density at radius 2 is 1.59 bits per heavy atom. The van der Waals surface area contributed by atoms with Gasteiger partial charge in [0.15, 0.2) is 9.84 Å². The monoisotopic (exact) mass is 349 g/mol. The highest BCUT2D eigenvalue weighted by Crippen LogP contribution is 2.21. The van der Waals surface area contributed by atoms with Crippen molar-refractivity contribution >= 4 is 25.8 Å². The van der Waals surface area contributed by atoms with Gasteiger partial charge in [0.1, 0.15) is 0 Å². The van der Waals surface area contributed by atoms with E-state index < -0.39 is 31.2 Å². The second kappa shape index (κ2) is 6.35. The number of carboxylic acids is 1. The number of aliphatic carboxylic acids is 1. The Labute approximate surface area is 130 Å². The van der Waals surface area contributed by atoms with Crippen molar-refractivity contribution in [3.05, 3.63) is 24.3 Å². The number of carbonyl (C=O) groups is 1. The van der Waals surface area contributed by atoms with Gasteiger partial charge in [-0.1, -0.05) is 6.92 Å². The largest absolute Gasteiger partial charge is 0.481 e. The Balaban J connectivity index is 2.99. The summed E-state index contributed by atoms with van der Waals surface area (Å²) in [7, 11) is -7.32. The van der Waals surface area contributed by atoms with E-state index in [9.17, 15) is 21.6 Å². The molecule has 22 heavy (non-hydrogen) atoms. The molecule has 2 N–H and O–H groups in total. The summed E-state index contributed by atoms with van der Waals surface area (Å²) in [5.41, 5.74) is -1.21. The first-order valence-electron chi connectivity index (χ1n) is 6.45. The van der Waals surface area contributed by atoms with E-state index in [4.69, 9.17) is 5.11 Å². The van der Waals surface area contributed by atoms with Gasteiger partial charge in [0.2, 0.25) is 10.0 Å². The summed E-state index contributed by atoms with van der Waals surface area (Å²) in [5.74, 6) is -1.09. The molecule has 124 valence electrons. The number of sulfonamides is 1. The smallest absolute Gasteiger partial charge is 0.310 e. The van der Waals surface area contributed by atoms with Gasteiger partial charge in [0.25, 0.3) is 0 Å². The van der Waals surface area contributed by atoms with Crippen LogP contribution in [0.5, 0.6) is 0 Å². The lowest BCUT2D eigenvalue weighted by molar-refractivity contribution is -0.147. The number of rotatable bonds is 7. The molecule has 0 heterocycles. The van der Waals surface area contributed by atoms with E-state index in [0.29, 0.717) is 0 Å². The third kappa shape index (κ3) is 4.28. The van der Waals surface area contributed by atoms with Crippen LogP contribution < -0.4 is 4.72 Å². The summed E-state index contributed by atoms with van der Waals surface area (Å²) < 4.78 is 49.2. The summed E-state index contributed by atoms with van der Waals surface area (Å²) in [4.78, 5) is 11.0. The molecular weight excluding hydrogens is 330 g/mol. The van der Waals surface area contributed by atoms with E-state index >= 15 is 0 Å². The van der Waals surface area contributed by atoms with Crippen LogP contribution >= 0.6 is 0 Å². The van der Waals surface area contributed by atoms with Crippen LogP contribution in [0.1, 0.15) is 20.3 Å². The van der Waals surface area contributed by atoms with Crippen LogP contribution in [0.15, 0.2) is 34.1 Å². The fraction of sp³-hybridized carbons (Fsp3) is 0.462. The van der Waals surface area contributed by atoms with E-state index in [2.05, 4.69) is 4.72 Å². The van der Waals surface area contributed by atoms with Crippen molar-refractivity contribution in [2.75, 3.05) is 12.8 Å². The molecular formula is C13H19NO6S2. The standard InChI is InChI=1S/C13H19NO6S2/c1-4-13(2,12(15)16)9-14-22(19,20)11-7-5-10(6-8-11)21(3,17)18/h5-8,14H,4,9H2,1-3H3,(H,15,16). The van der Waals surface area contributed by atoms with Crippen molar-refractivity contribution in [1.82, 2.24) is 4.72 Å². The maximum Gasteiger partial charge on any atom is 0.310 e. The Bertz CT molecular complexity index is 752. The van der Waals surface area contributed by atoms with E-state index in [1.807, 2.05) is 0 Å². The quantitative estimate of drug-likeness (QED) is 0.754. The second-order valence-corrected chi connectivity index (χ2v) is 9.07. The summed E-state index contributed by atoms with van der Waals surface area (Å²) in [6.45, 7) is 2.85. The van der Waals surface area contributed by atoms with Gasteiger partial charge in [-0.15, -0.1) is 0 Å². The SMILES string of the molecule is CCC(C)(CNS(=O)(=O)c1ccc(S(C)(=O)=O)cc1)C(=O)O. The molecule has 1 aromatic carbocycles. The van der Waals surface area contributed by atoms with Gasteiger partial charge in [0, 0.05) is 12.8 Å². The molecule has 0 amide bonds. The van der Waals surface area contributed by atoms with Gasteiger partial charge in [-0.2, -0.15) is 0 Å². The molecule has 7 nitrogen and oxygen atoms in total. The summed E-state index contributed by atoms with van der Waals surface area (Å²) >= 11 is 0. The fourth-order valence-corrected chi connectivity index (χ4v) is 3.36. The average Bonchev–Trinajstić information content (AvgIpc) is 2.44. The number of hydrogen-bond acceptors (Lipinski definition) is 5. The van der Waals surface area contributed by atoms with Crippen molar-refractivity contribution < 1.29 is 26.7 Å². The minimum absolute atomic E-state index is 0.00961. The van der Waals surface area contributed by atoms with E-state index in [1.165, 1.54) is 31.2 Å². The summed E-state index contributed by atoms with van der Waals surface area (Å²) in [6, 6.07) is 4.73. The Hall–Kier alpha value is -1.45. The maximum absolute atomic E-state index is 12.1. The third-order valence-corrected chi connectivity index (χ3v) is 6.06. The molecule has 0 aliphatic carbocycles. The van der Waals surface area contributed by atoms with Crippen molar-refractivity contribution in [1.29, 1.82) is 0 Å². The highest BCUT2D eigenvalue weighted by molar-refractivity contribution is 7.90. The normalized spacial score (nSPS) is 15.2. The van der Waals surface area contributed by atoms with Crippen molar-refractivity contribution in [2.45, 2.75) is 30.1 Å². The molecule has 0 aliphatic heterocycles. The van der Waals surface area contributed by atoms with E-state index in [-0.39, 0.29) is 22.8 Å². The van der Waals surface area contributed by atoms with Crippen LogP contribution in [0, 0.1) is 5.41 Å². The highest BCUT2D eigenvalue weighted by atomic mass is 32.2. The minimum Gasteiger partial charge on any atom is -0.481 e. The van der Waals surface area contributed by atoms with Crippen LogP contribution in [0.3, 0.4) is 0 Å². The molecule has 9 heteroatoms. The average molecular weight is 349 g/mol. The van der Waals surface area contributed by atoms with Gasteiger partial charge in [0.05, 0.1) is 15.2 Å². The second-order valence-electron chi connectivity index (χ2n) is 5.29. The van der Waals surface area contributed by atoms with Gasteiger partial charge in [-0.3, -0.25) is 4.79 Å². The summed E-state index contributed by atoms with van der Waals surface area (Å²) in [5, 5.41) is 9.12. The first-order chi connectivity index (χ1) is 9.92. The molecule has 0 fully saturated rings. The van der Waals surface area contributed by atoms with Crippen LogP contribution in [0.2, 0.25) is 0 Å². The topological polar surface area (TPSA) is 118 Å². The van der Waals surface area contributed by atoms with Gasteiger partial charge < -0.3 is 5.11 Å². The molecule has 1 unspecified atom stereocenters. The van der Waals surface area contributed by atoms with Crippen LogP contribution in [-0.4, -0.2) is 40.7 Å². The third-order valence-electron chi connectivity index (χ3n) is 3.51. The predicted octanol–water partition coefficient (Wildman–Crippen LogP) is 0.869. The first-order valence-corrected chi connectivity index (χ1v) is 9.83. The van der Waals surface area contributed by atoms with E-state index in [0.717, 1.165) is 6.26 Å². The molecule has 1 aromatic rings. The van der Waals surface area contributed by atoms with Crippen molar-refractivity contribution in [3.63, 3.8) is 0 Å². The zero-order valence-corrected chi connectivity index (χ0v) is 14.2. The molecule has 1 rings (SSSR count). The minimum atomic E-state index is -3.91. The van der Waals surface area contributed by atoms with Crippen LogP contribution in [-0.2, 0) is 24.7 Å². The lowest BCUT2D eigenvalue weighted by atomic mass is 9.88. The lowest BCUT2D eigenvalue weighted by Gasteiger charge is -2.23. The Morgan fingerprint density at radius 1 is 1.14 bits per heavy atom. The van der Waals surface area contributed by atoms with Gasteiger partial charge >= 0.3 is 5.97 Å². The maximum atomic E-state index is 12.1. The van der Waals surface area contributed by atoms with Crippen LogP contribution in [0.4, 0.5) is 0 Å². The van der Waals surface area contributed by atoms with Crippen LogP contribution in [0.25, 0.3) is 0 Å². The predicted molar refractivity (Wildman–Crippen MR) is 80.8 cm³/mol. The number of sulfone groups is 1. The van der Waals surface area contributed by atoms with Crippen molar-refractivity contribution in [2.24, 2.45) is 5.41 Å². The number of nitrogens with one attached hydrogen (secondary N) is 1. The molecule has 1 atom stereocenters. The Morgan fingerprint density at radius 3 is 1.95 bits per heavy atom. The number of benzene rings is 1. The molecule has 0 radical (unpaired) electrons. The van der Waals surface area contributed by atoms with Gasteiger partial charge in [-0.25, -0.2) is 21.6 Å². The zero-order valence-electron chi connectivity index (χ0n) is 12.5. The summed E-state index contributed by atoms with van der Waals surface area (Å²) in [6.07, 6.45) is 1.28. The number of hydrogen-bond donors (Lipinski definition) is 2. The molecule has 0 spiro atoms. The highest BCUT2D eigenvalue weighted by Gasteiger charge is 2.32. The van der Waals surface area contributed by atoms with Gasteiger partial charge in [-0.05, 0) is 37.6 Å². The zero-order chi connectivity index (χ0) is 17.2.